The van der Waals surface area contributed by atoms with Crippen LogP contribution in [0.5, 0.6) is 0 Å². The van der Waals surface area contributed by atoms with E-state index in [1.807, 2.05) is 4.90 Å². The average Bonchev–Trinajstić information content (AvgIpc) is 3.23. The Morgan fingerprint density at radius 3 is 2.97 bits per heavy atom. The highest BCUT2D eigenvalue weighted by atomic mass is 35.5. The Morgan fingerprint density at radius 2 is 2.21 bits per heavy atom. The summed E-state index contributed by atoms with van der Waals surface area (Å²) >= 11 is 7.20. The quantitative estimate of drug-likeness (QED) is 0.449. The number of fused-ring (bicyclic) bond motifs is 1. The monoisotopic (exact) mass is 500 g/mol. The van der Waals surface area contributed by atoms with Crippen LogP contribution in [0.2, 0.25) is 4.34 Å². The number of aromatic nitrogens is 5. The molecular formula is C22H25ClN8O2S. The summed E-state index contributed by atoms with van der Waals surface area (Å²) in [6, 6.07) is 1.58. The van der Waals surface area contributed by atoms with Crippen LogP contribution >= 0.6 is 22.9 Å². The molecule has 1 amide bonds. The fourth-order valence-electron chi connectivity index (χ4n) is 4.72. The fraction of sp³-hybridized carbons (Fsp3) is 0.500. The van der Waals surface area contributed by atoms with Gasteiger partial charge in [0.05, 0.1) is 18.0 Å². The SMILES string of the molecule is CO[C@H]1C[C@H](C(=O)Nc2ncc(Cl)s2)N(c2nc3c(c(Nc4cc(C5CC5)[nH]n4)n2)CCC3)C1. The molecule has 1 aliphatic heterocycles. The summed E-state index contributed by atoms with van der Waals surface area (Å²) < 4.78 is 6.13. The number of hydrogen-bond acceptors (Lipinski definition) is 9. The van der Waals surface area contributed by atoms with Crippen LogP contribution in [0.4, 0.5) is 22.7 Å². The van der Waals surface area contributed by atoms with E-state index in [4.69, 9.17) is 26.3 Å². The highest BCUT2D eigenvalue weighted by Crippen LogP contribution is 2.40. The van der Waals surface area contributed by atoms with Gasteiger partial charge in [-0.15, -0.1) is 0 Å². The molecule has 0 spiro atoms. The van der Waals surface area contributed by atoms with Crippen molar-refractivity contribution in [3.8, 4) is 0 Å². The van der Waals surface area contributed by atoms with Crippen LogP contribution in [-0.4, -0.2) is 56.9 Å². The maximum Gasteiger partial charge on any atom is 0.249 e. The molecule has 2 fully saturated rings. The summed E-state index contributed by atoms with van der Waals surface area (Å²) in [5.74, 6) is 2.46. The molecule has 178 valence electrons. The number of thiazole rings is 1. The molecule has 3 aromatic heterocycles. The molecule has 3 aliphatic rings. The number of nitrogens with one attached hydrogen (secondary N) is 3. The van der Waals surface area contributed by atoms with Gasteiger partial charge < -0.3 is 20.3 Å². The first-order valence-corrected chi connectivity index (χ1v) is 12.7. The first-order valence-electron chi connectivity index (χ1n) is 11.5. The Bertz CT molecular complexity index is 1230. The lowest BCUT2D eigenvalue weighted by Crippen LogP contribution is -2.40. The molecule has 10 nitrogen and oxygen atoms in total. The van der Waals surface area contributed by atoms with Gasteiger partial charge in [0.2, 0.25) is 11.9 Å². The van der Waals surface area contributed by atoms with E-state index in [1.165, 1.54) is 30.4 Å². The van der Waals surface area contributed by atoms with E-state index >= 15 is 0 Å². The first kappa shape index (κ1) is 21.8. The van der Waals surface area contributed by atoms with Gasteiger partial charge in [0.25, 0.3) is 0 Å². The fourth-order valence-corrected chi connectivity index (χ4v) is 5.53. The third-order valence-electron chi connectivity index (χ3n) is 6.65. The summed E-state index contributed by atoms with van der Waals surface area (Å²) in [5.41, 5.74) is 3.31. The van der Waals surface area contributed by atoms with E-state index in [1.54, 1.807) is 7.11 Å². The van der Waals surface area contributed by atoms with Gasteiger partial charge in [-0.05, 0) is 32.1 Å². The zero-order valence-corrected chi connectivity index (χ0v) is 20.2. The minimum Gasteiger partial charge on any atom is -0.380 e. The average molecular weight is 501 g/mol. The number of aromatic amines is 1. The van der Waals surface area contributed by atoms with Gasteiger partial charge in [0.15, 0.2) is 10.9 Å². The summed E-state index contributed by atoms with van der Waals surface area (Å²) in [4.78, 5) is 29.0. The van der Waals surface area contributed by atoms with Crippen molar-refractivity contribution < 1.29 is 9.53 Å². The van der Waals surface area contributed by atoms with Crippen LogP contribution in [0.3, 0.4) is 0 Å². The van der Waals surface area contributed by atoms with Gasteiger partial charge in [-0.3, -0.25) is 9.89 Å². The number of carbonyl (C=O) groups is 1. The lowest BCUT2D eigenvalue weighted by Gasteiger charge is -2.24. The second-order valence-electron chi connectivity index (χ2n) is 8.98. The Morgan fingerprint density at radius 1 is 1.32 bits per heavy atom. The molecule has 3 N–H and O–H groups in total. The van der Waals surface area contributed by atoms with E-state index in [9.17, 15) is 4.79 Å². The number of anilines is 4. The lowest BCUT2D eigenvalue weighted by atomic mass is 10.2. The summed E-state index contributed by atoms with van der Waals surface area (Å²) in [6.07, 6.45) is 7.23. The van der Waals surface area contributed by atoms with E-state index in [0.717, 1.165) is 47.8 Å². The van der Waals surface area contributed by atoms with Crippen molar-refractivity contribution in [1.29, 1.82) is 0 Å². The topological polar surface area (TPSA) is 121 Å². The third kappa shape index (κ3) is 4.23. The first-order chi connectivity index (χ1) is 16.6. The number of carbonyl (C=O) groups excluding carboxylic acids is 1. The predicted molar refractivity (Wildman–Crippen MR) is 130 cm³/mol. The van der Waals surface area contributed by atoms with Gasteiger partial charge >= 0.3 is 0 Å². The summed E-state index contributed by atoms with van der Waals surface area (Å²) in [6.45, 7) is 0.527. The smallest absolute Gasteiger partial charge is 0.249 e. The molecule has 3 aromatic rings. The van der Waals surface area contributed by atoms with E-state index in [-0.39, 0.29) is 12.0 Å². The Labute approximate surface area is 205 Å². The minimum absolute atomic E-state index is 0.101. The van der Waals surface area contributed by atoms with Gasteiger partial charge in [-0.25, -0.2) is 9.97 Å². The molecule has 0 unspecified atom stereocenters. The van der Waals surface area contributed by atoms with E-state index in [2.05, 4.69) is 31.9 Å². The predicted octanol–water partition coefficient (Wildman–Crippen LogP) is 3.65. The van der Waals surface area contributed by atoms with Crippen molar-refractivity contribution in [2.24, 2.45) is 0 Å². The minimum atomic E-state index is -0.480. The summed E-state index contributed by atoms with van der Waals surface area (Å²) in [5, 5.41) is 14.3. The van der Waals surface area contributed by atoms with Crippen LogP contribution in [-0.2, 0) is 22.4 Å². The van der Waals surface area contributed by atoms with Crippen molar-refractivity contribution >= 4 is 51.6 Å². The molecule has 12 heteroatoms. The zero-order valence-electron chi connectivity index (χ0n) is 18.7. The highest BCUT2D eigenvalue weighted by molar-refractivity contribution is 7.19. The molecule has 0 radical (unpaired) electrons. The molecule has 34 heavy (non-hydrogen) atoms. The number of halogens is 1. The number of rotatable bonds is 7. The maximum absolute atomic E-state index is 13.2. The van der Waals surface area contributed by atoms with Crippen LogP contribution in [0.1, 0.15) is 48.6 Å². The number of H-pyrrole nitrogens is 1. The van der Waals surface area contributed by atoms with Gasteiger partial charge in [-0.1, -0.05) is 22.9 Å². The lowest BCUT2D eigenvalue weighted by molar-refractivity contribution is -0.117. The second-order valence-corrected chi connectivity index (χ2v) is 10.6. The zero-order chi connectivity index (χ0) is 23.2. The number of nitrogens with zero attached hydrogens (tertiary/aromatic N) is 5. The molecule has 2 atom stereocenters. The van der Waals surface area contributed by atoms with Crippen molar-refractivity contribution in [2.45, 2.75) is 56.6 Å². The number of methoxy groups -OCH3 is 1. The molecule has 0 aromatic carbocycles. The maximum atomic E-state index is 13.2. The molecule has 1 saturated carbocycles. The molecule has 6 rings (SSSR count). The van der Waals surface area contributed by atoms with Gasteiger partial charge in [0.1, 0.15) is 16.2 Å². The standard InChI is InChI=1S/C22H25ClN8O2S/c1-33-12-7-16(20(32)28-22-24-9-17(23)34-22)31(10-12)21-25-14-4-2-3-13(14)19(27-21)26-18-8-15(29-30-18)11-5-6-11/h8-9,11-12,16H,2-7,10H2,1H3,(H,24,28,32)(H2,25,26,27,29,30)/t12-,16+/m0/s1. The Kier molecular flexibility index (Phi) is 5.62. The number of hydrogen-bond donors (Lipinski definition) is 3. The molecule has 1 saturated heterocycles. The third-order valence-corrected chi connectivity index (χ3v) is 7.68. The second kappa shape index (κ2) is 8.79. The Balaban J connectivity index is 1.29. The van der Waals surface area contributed by atoms with Crippen molar-refractivity contribution in [2.75, 3.05) is 29.2 Å². The Hall–Kier alpha value is -2.76. The molecule has 2 aliphatic carbocycles. The van der Waals surface area contributed by atoms with Crippen LogP contribution in [0, 0.1) is 0 Å². The number of aryl methyl sites for hydroxylation is 1. The normalized spacial score (nSPS) is 21.6. The van der Waals surface area contributed by atoms with Crippen LogP contribution in [0.25, 0.3) is 0 Å². The van der Waals surface area contributed by atoms with E-state index in [0.29, 0.717) is 34.3 Å². The van der Waals surface area contributed by atoms with Gasteiger partial charge in [0, 0.05) is 43.3 Å². The van der Waals surface area contributed by atoms with E-state index < -0.39 is 6.04 Å². The largest absolute Gasteiger partial charge is 0.380 e. The molecule has 4 heterocycles. The molecular weight excluding hydrogens is 476 g/mol. The highest BCUT2D eigenvalue weighted by Gasteiger charge is 2.39. The number of amides is 1. The van der Waals surface area contributed by atoms with Crippen LogP contribution < -0.4 is 15.5 Å². The van der Waals surface area contributed by atoms with Gasteiger partial charge in [-0.2, -0.15) is 10.1 Å². The van der Waals surface area contributed by atoms with Crippen molar-refractivity contribution in [3.63, 3.8) is 0 Å². The molecule has 0 bridgehead atoms. The number of ether oxygens (including phenoxy) is 1. The summed E-state index contributed by atoms with van der Waals surface area (Å²) in [7, 11) is 1.66. The van der Waals surface area contributed by atoms with Crippen molar-refractivity contribution in [1.82, 2.24) is 25.1 Å². The van der Waals surface area contributed by atoms with Crippen molar-refractivity contribution in [3.05, 3.63) is 33.6 Å². The van der Waals surface area contributed by atoms with Crippen LogP contribution in [0.15, 0.2) is 12.3 Å².